The molecule has 1 unspecified atom stereocenters. The second kappa shape index (κ2) is 7.89. The number of carboxylic acids is 1. The second-order valence-electron chi connectivity index (χ2n) is 5.61. The van der Waals surface area contributed by atoms with Crippen molar-refractivity contribution in [3.63, 3.8) is 0 Å². The van der Waals surface area contributed by atoms with Gasteiger partial charge in [-0.25, -0.2) is 4.79 Å². The summed E-state index contributed by atoms with van der Waals surface area (Å²) in [6, 6.07) is 5.10. The van der Waals surface area contributed by atoms with Gasteiger partial charge in [0, 0.05) is 30.3 Å². The highest BCUT2D eigenvalue weighted by molar-refractivity contribution is 7.07. The number of aromatic carboxylic acids is 1. The zero-order valence-corrected chi connectivity index (χ0v) is 14.7. The van der Waals surface area contributed by atoms with Gasteiger partial charge in [0.1, 0.15) is 0 Å². The highest BCUT2D eigenvalue weighted by atomic mass is 32.1. The lowest BCUT2D eigenvalue weighted by molar-refractivity contribution is -0.384. The van der Waals surface area contributed by atoms with Gasteiger partial charge in [0.2, 0.25) is 0 Å². The summed E-state index contributed by atoms with van der Waals surface area (Å²) in [5.74, 6) is -1.73. The van der Waals surface area contributed by atoms with Crippen LogP contribution in [0.3, 0.4) is 0 Å². The van der Waals surface area contributed by atoms with Crippen LogP contribution in [-0.4, -0.2) is 39.4 Å². The summed E-state index contributed by atoms with van der Waals surface area (Å²) in [5.41, 5.74) is 0.420. The van der Waals surface area contributed by atoms with Crippen LogP contribution in [0.1, 0.15) is 40.1 Å². The molecule has 1 atom stereocenters. The van der Waals surface area contributed by atoms with Crippen molar-refractivity contribution in [3.8, 4) is 0 Å². The lowest BCUT2D eigenvalue weighted by Gasteiger charge is -2.28. The fourth-order valence-corrected chi connectivity index (χ4v) is 3.33. The highest BCUT2D eigenvalue weighted by Gasteiger charge is 2.24. The average Bonchev–Trinajstić information content (AvgIpc) is 3.07. The molecule has 1 heterocycles. The molecule has 0 bridgehead atoms. The van der Waals surface area contributed by atoms with Crippen molar-refractivity contribution < 1.29 is 19.6 Å². The number of carbonyl (C=O) groups is 2. The molecule has 0 saturated carbocycles. The van der Waals surface area contributed by atoms with Crippen LogP contribution in [-0.2, 0) is 6.42 Å². The van der Waals surface area contributed by atoms with E-state index in [0.29, 0.717) is 13.0 Å². The van der Waals surface area contributed by atoms with E-state index >= 15 is 0 Å². The third-order valence-electron chi connectivity index (χ3n) is 3.87. The number of carbonyl (C=O) groups excluding carboxylic acids is 1. The third kappa shape index (κ3) is 4.42. The number of nitro groups is 1. The molecule has 0 aliphatic heterocycles. The first-order chi connectivity index (χ1) is 11.8. The number of thiophene rings is 1. The van der Waals surface area contributed by atoms with Crippen LogP contribution in [0.25, 0.3) is 0 Å². The Hall–Kier alpha value is -2.74. The molecule has 0 radical (unpaired) electrons. The Kier molecular flexibility index (Phi) is 5.87. The maximum atomic E-state index is 12.8. The number of nitrogens with zero attached hydrogens (tertiary/aromatic N) is 2. The molecule has 2 aromatic rings. The molecule has 25 heavy (non-hydrogen) atoms. The van der Waals surface area contributed by atoms with E-state index in [1.807, 2.05) is 30.7 Å². The number of carboxylic acid groups (broad SMARTS) is 1. The van der Waals surface area contributed by atoms with E-state index in [2.05, 4.69) is 0 Å². The van der Waals surface area contributed by atoms with Crippen molar-refractivity contribution in [3.05, 3.63) is 61.8 Å². The SMILES string of the molecule is CCN(C(=O)c1cc(C(=O)O)cc([N+](=O)[O-])c1)C(C)Cc1ccsc1. The van der Waals surface area contributed by atoms with E-state index in [4.69, 9.17) is 5.11 Å². The molecular weight excluding hydrogens is 344 g/mol. The molecule has 0 aliphatic rings. The van der Waals surface area contributed by atoms with Crippen molar-refractivity contribution in [2.45, 2.75) is 26.3 Å². The largest absolute Gasteiger partial charge is 0.478 e. The molecule has 0 saturated heterocycles. The predicted molar refractivity (Wildman–Crippen MR) is 94.3 cm³/mol. The Morgan fingerprint density at radius 3 is 2.52 bits per heavy atom. The van der Waals surface area contributed by atoms with Gasteiger partial charge < -0.3 is 10.0 Å². The fourth-order valence-electron chi connectivity index (χ4n) is 2.64. The molecule has 2 rings (SSSR count). The Morgan fingerprint density at radius 2 is 2.00 bits per heavy atom. The standard InChI is InChI=1S/C17H18N2O5S/c1-3-18(11(2)6-12-4-5-25-10-12)16(20)13-7-14(17(21)22)9-15(8-13)19(23)24/h4-5,7-11H,3,6H2,1-2H3,(H,21,22). The van der Waals surface area contributed by atoms with Crippen molar-refractivity contribution in [2.24, 2.45) is 0 Å². The average molecular weight is 362 g/mol. The summed E-state index contributed by atoms with van der Waals surface area (Å²) in [5, 5.41) is 24.1. The van der Waals surface area contributed by atoms with E-state index in [9.17, 15) is 19.7 Å². The number of hydrogen-bond acceptors (Lipinski definition) is 5. The summed E-state index contributed by atoms with van der Waals surface area (Å²) < 4.78 is 0. The lowest BCUT2D eigenvalue weighted by Crippen LogP contribution is -2.39. The minimum atomic E-state index is -1.31. The Bertz CT molecular complexity index is 756. The van der Waals surface area contributed by atoms with Gasteiger partial charge in [-0.3, -0.25) is 14.9 Å². The van der Waals surface area contributed by atoms with Crippen LogP contribution in [0.15, 0.2) is 35.0 Å². The third-order valence-corrected chi connectivity index (χ3v) is 4.60. The highest BCUT2D eigenvalue weighted by Crippen LogP contribution is 2.21. The van der Waals surface area contributed by atoms with Gasteiger partial charge in [0.25, 0.3) is 11.6 Å². The summed E-state index contributed by atoms with van der Waals surface area (Å²) in [6.45, 7) is 4.13. The lowest BCUT2D eigenvalue weighted by atomic mass is 10.0. The van der Waals surface area contributed by atoms with Crippen LogP contribution in [0.5, 0.6) is 0 Å². The van der Waals surface area contributed by atoms with Crippen LogP contribution in [0.2, 0.25) is 0 Å². The molecule has 1 N–H and O–H groups in total. The minimum Gasteiger partial charge on any atom is -0.478 e. The molecule has 1 aromatic heterocycles. The van der Waals surface area contributed by atoms with Gasteiger partial charge in [-0.2, -0.15) is 11.3 Å². The summed E-state index contributed by atoms with van der Waals surface area (Å²) in [7, 11) is 0. The van der Waals surface area contributed by atoms with Gasteiger partial charge >= 0.3 is 5.97 Å². The fraction of sp³-hybridized carbons (Fsp3) is 0.294. The molecule has 0 spiro atoms. The molecule has 7 nitrogen and oxygen atoms in total. The number of rotatable bonds is 7. The zero-order valence-electron chi connectivity index (χ0n) is 13.8. The maximum absolute atomic E-state index is 12.8. The van der Waals surface area contributed by atoms with E-state index in [-0.39, 0.29) is 17.2 Å². The topological polar surface area (TPSA) is 101 Å². The van der Waals surface area contributed by atoms with Crippen LogP contribution >= 0.6 is 11.3 Å². The maximum Gasteiger partial charge on any atom is 0.335 e. The van der Waals surface area contributed by atoms with E-state index < -0.39 is 22.5 Å². The monoisotopic (exact) mass is 362 g/mol. The Labute approximate surface area is 148 Å². The number of non-ortho nitro benzene ring substituents is 1. The van der Waals surface area contributed by atoms with Crippen molar-refractivity contribution in [1.29, 1.82) is 0 Å². The van der Waals surface area contributed by atoms with E-state index in [0.717, 1.165) is 17.7 Å². The molecule has 0 aliphatic carbocycles. The Morgan fingerprint density at radius 1 is 1.32 bits per heavy atom. The molecular formula is C17H18N2O5S. The zero-order chi connectivity index (χ0) is 18.6. The van der Waals surface area contributed by atoms with E-state index in [1.165, 1.54) is 6.07 Å². The predicted octanol–water partition coefficient (Wildman–Crippen LogP) is 3.45. The first-order valence-corrected chi connectivity index (χ1v) is 8.62. The molecule has 132 valence electrons. The van der Waals surface area contributed by atoms with Gasteiger partial charge in [-0.05, 0) is 48.7 Å². The summed E-state index contributed by atoms with van der Waals surface area (Å²) in [4.78, 5) is 35.9. The van der Waals surface area contributed by atoms with Crippen LogP contribution in [0, 0.1) is 10.1 Å². The number of amides is 1. The smallest absolute Gasteiger partial charge is 0.335 e. The van der Waals surface area contributed by atoms with Crippen LogP contribution < -0.4 is 0 Å². The second-order valence-corrected chi connectivity index (χ2v) is 6.39. The minimum absolute atomic E-state index is 0.00520. The number of nitro benzene ring substituents is 1. The van der Waals surface area contributed by atoms with Crippen molar-refractivity contribution in [2.75, 3.05) is 6.54 Å². The van der Waals surface area contributed by atoms with Gasteiger partial charge in [0.15, 0.2) is 0 Å². The summed E-state index contributed by atoms with van der Waals surface area (Å²) in [6.07, 6.45) is 0.657. The molecule has 8 heteroatoms. The van der Waals surface area contributed by atoms with Crippen molar-refractivity contribution in [1.82, 2.24) is 4.90 Å². The van der Waals surface area contributed by atoms with Gasteiger partial charge in [-0.15, -0.1) is 0 Å². The first-order valence-electron chi connectivity index (χ1n) is 7.68. The van der Waals surface area contributed by atoms with Gasteiger partial charge in [-0.1, -0.05) is 0 Å². The molecule has 1 aromatic carbocycles. The first kappa shape index (κ1) is 18.6. The van der Waals surface area contributed by atoms with Crippen molar-refractivity contribution >= 4 is 28.9 Å². The van der Waals surface area contributed by atoms with Gasteiger partial charge in [0.05, 0.1) is 10.5 Å². The molecule has 1 amide bonds. The summed E-state index contributed by atoms with van der Waals surface area (Å²) >= 11 is 1.57. The van der Waals surface area contributed by atoms with Crippen LogP contribution in [0.4, 0.5) is 5.69 Å². The van der Waals surface area contributed by atoms with E-state index in [1.54, 1.807) is 16.2 Å². The number of hydrogen-bond donors (Lipinski definition) is 1. The number of benzene rings is 1. The normalized spacial score (nSPS) is 11.8. The molecule has 0 fully saturated rings. The Balaban J connectivity index is 2.32. The number of likely N-dealkylation sites (N-methyl/N-ethyl adjacent to an activating group) is 1. The quantitative estimate of drug-likeness (QED) is 0.600.